The summed E-state index contributed by atoms with van der Waals surface area (Å²) in [5.74, 6) is 1.70. The number of hydrogen-bond donors (Lipinski definition) is 1. The Balaban J connectivity index is 2.21. The highest BCUT2D eigenvalue weighted by Gasteiger charge is 2.13. The Kier molecular flexibility index (Phi) is 4.14. The maximum atomic E-state index is 4.47. The van der Waals surface area contributed by atoms with Crippen LogP contribution in [0.25, 0.3) is 0 Å². The first-order valence-electron chi connectivity index (χ1n) is 6.54. The molecule has 1 N–H and O–H groups in total. The number of thiazole rings is 1. The molecule has 0 aliphatic heterocycles. The second-order valence-corrected chi connectivity index (χ2v) is 5.93. The van der Waals surface area contributed by atoms with E-state index in [2.05, 4.69) is 41.0 Å². The third-order valence-electron chi connectivity index (χ3n) is 2.95. The fraction of sp³-hybridized carbons (Fsp3) is 0.500. The summed E-state index contributed by atoms with van der Waals surface area (Å²) >= 11 is 1.74. The Morgan fingerprint density at radius 1 is 1.21 bits per heavy atom. The molecule has 2 aromatic heterocycles. The minimum atomic E-state index is 0.213. The Morgan fingerprint density at radius 3 is 2.53 bits per heavy atom. The quantitative estimate of drug-likeness (QED) is 0.927. The molecule has 1 unspecified atom stereocenters. The lowest BCUT2D eigenvalue weighted by Gasteiger charge is -2.14. The summed E-state index contributed by atoms with van der Waals surface area (Å²) in [6, 6.07) is 2.23. The lowest BCUT2D eigenvalue weighted by Crippen LogP contribution is -2.09. The fourth-order valence-corrected chi connectivity index (χ4v) is 3.05. The van der Waals surface area contributed by atoms with Gasteiger partial charge in [-0.15, -0.1) is 11.3 Å². The molecule has 19 heavy (non-hydrogen) atoms. The summed E-state index contributed by atoms with van der Waals surface area (Å²) in [6.45, 7) is 10.3. The van der Waals surface area contributed by atoms with Crippen LogP contribution in [-0.2, 0) is 6.42 Å². The SMILES string of the molecule is CCc1cc(NC(C)c2sc(C)nc2C)nc(C)n1. The van der Waals surface area contributed by atoms with Crippen molar-refractivity contribution in [1.82, 2.24) is 15.0 Å². The first kappa shape index (κ1) is 13.9. The summed E-state index contributed by atoms with van der Waals surface area (Å²) < 4.78 is 0. The van der Waals surface area contributed by atoms with Gasteiger partial charge in [0.25, 0.3) is 0 Å². The summed E-state index contributed by atoms with van der Waals surface area (Å²) in [5, 5.41) is 4.55. The van der Waals surface area contributed by atoms with E-state index in [0.29, 0.717) is 0 Å². The molecule has 5 heteroatoms. The van der Waals surface area contributed by atoms with Gasteiger partial charge >= 0.3 is 0 Å². The van der Waals surface area contributed by atoms with E-state index in [1.165, 1.54) is 4.88 Å². The highest BCUT2D eigenvalue weighted by molar-refractivity contribution is 7.11. The highest BCUT2D eigenvalue weighted by atomic mass is 32.1. The van der Waals surface area contributed by atoms with Crippen molar-refractivity contribution in [2.45, 2.75) is 47.1 Å². The second-order valence-electron chi connectivity index (χ2n) is 4.69. The molecule has 0 spiro atoms. The zero-order valence-corrected chi connectivity index (χ0v) is 12.9. The molecule has 2 aromatic rings. The molecular weight excluding hydrogens is 256 g/mol. The third kappa shape index (κ3) is 3.29. The van der Waals surface area contributed by atoms with Crippen molar-refractivity contribution in [2.75, 3.05) is 5.32 Å². The topological polar surface area (TPSA) is 50.7 Å². The lowest BCUT2D eigenvalue weighted by atomic mass is 10.2. The van der Waals surface area contributed by atoms with Gasteiger partial charge in [0.1, 0.15) is 11.6 Å². The van der Waals surface area contributed by atoms with Crippen LogP contribution in [0.3, 0.4) is 0 Å². The van der Waals surface area contributed by atoms with Crippen molar-refractivity contribution in [2.24, 2.45) is 0 Å². The van der Waals surface area contributed by atoms with Crippen LogP contribution in [0.5, 0.6) is 0 Å². The molecule has 1 atom stereocenters. The van der Waals surface area contributed by atoms with Gasteiger partial charge in [0.15, 0.2) is 0 Å². The van der Waals surface area contributed by atoms with E-state index in [4.69, 9.17) is 0 Å². The number of nitrogens with zero attached hydrogens (tertiary/aromatic N) is 3. The highest BCUT2D eigenvalue weighted by Crippen LogP contribution is 2.27. The fourth-order valence-electron chi connectivity index (χ4n) is 2.12. The van der Waals surface area contributed by atoms with Gasteiger partial charge in [-0.05, 0) is 34.1 Å². The molecular formula is C14H20N4S. The first-order chi connectivity index (χ1) is 8.99. The van der Waals surface area contributed by atoms with Crippen LogP contribution in [-0.4, -0.2) is 15.0 Å². The zero-order chi connectivity index (χ0) is 14.0. The molecule has 2 rings (SSSR count). The third-order valence-corrected chi connectivity index (χ3v) is 4.21. The minimum absolute atomic E-state index is 0.213. The van der Waals surface area contributed by atoms with Crippen molar-refractivity contribution in [1.29, 1.82) is 0 Å². The van der Waals surface area contributed by atoms with Crippen LogP contribution in [0.15, 0.2) is 6.07 Å². The van der Waals surface area contributed by atoms with Gasteiger partial charge in [0.2, 0.25) is 0 Å². The van der Waals surface area contributed by atoms with Crippen LogP contribution < -0.4 is 5.32 Å². The maximum Gasteiger partial charge on any atom is 0.130 e. The smallest absolute Gasteiger partial charge is 0.130 e. The van der Waals surface area contributed by atoms with Crippen LogP contribution in [0, 0.1) is 20.8 Å². The number of anilines is 1. The van der Waals surface area contributed by atoms with Crippen molar-refractivity contribution in [3.63, 3.8) is 0 Å². The van der Waals surface area contributed by atoms with Gasteiger partial charge in [-0.25, -0.2) is 15.0 Å². The summed E-state index contributed by atoms with van der Waals surface area (Å²) in [4.78, 5) is 14.6. The van der Waals surface area contributed by atoms with Gasteiger partial charge < -0.3 is 5.32 Å². The molecule has 0 saturated heterocycles. The molecule has 102 valence electrons. The van der Waals surface area contributed by atoms with E-state index in [9.17, 15) is 0 Å². The summed E-state index contributed by atoms with van der Waals surface area (Å²) in [6.07, 6.45) is 0.922. The normalized spacial score (nSPS) is 12.5. The van der Waals surface area contributed by atoms with Crippen molar-refractivity contribution in [3.8, 4) is 0 Å². The summed E-state index contributed by atoms with van der Waals surface area (Å²) in [5.41, 5.74) is 2.17. The second kappa shape index (κ2) is 5.65. The average molecular weight is 276 g/mol. The zero-order valence-electron chi connectivity index (χ0n) is 12.1. The van der Waals surface area contributed by atoms with Crippen LogP contribution >= 0.6 is 11.3 Å². The first-order valence-corrected chi connectivity index (χ1v) is 7.36. The van der Waals surface area contributed by atoms with Gasteiger partial charge in [0, 0.05) is 16.6 Å². The van der Waals surface area contributed by atoms with Crippen molar-refractivity contribution >= 4 is 17.2 Å². The average Bonchev–Trinajstić information content (AvgIpc) is 2.67. The van der Waals surface area contributed by atoms with Crippen LogP contribution in [0.2, 0.25) is 0 Å². The number of aryl methyl sites for hydroxylation is 4. The summed E-state index contributed by atoms with van der Waals surface area (Å²) in [7, 11) is 0. The predicted octanol–water partition coefficient (Wildman–Crippen LogP) is 3.59. The monoisotopic (exact) mass is 276 g/mol. The van der Waals surface area contributed by atoms with E-state index < -0.39 is 0 Å². The molecule has 4 nitrogen and oxygen atoms in total. The predicted molar refractivity (Wildman–Crippen MR) is 79.8 cm³/mol. The standard InChI is InChI=1S/C14H20N4S/c1-6-12-7-13(18-10(4)17-12)16-9(3)14-8(2)15-11(5)19-14/h7,9H,6H2,1-5H3,(H,16,17,18). The molecule has 0 fully saturated rings. The Hall–Kier alpha value is -1.49. The molecule has 0 saturated carbocycles. The van der Waals surface area contributed by atoms with E-state index in [1.807, 2.05) is 19.9 Å². The van der Waals surface area contributed by atoms with Gasteiger partial charge in [-0.2, -0.15) is 0 Å². The number of nitrogens with one attached hydrogen (secondary N) is 1. The van der Waals surface area contributed by atoms with E-state index in [0.717, 1.165) is 34.5 Å². The number of rotatable bonds is 4. The van der Waals surface area contributed by atoms with Gasteiger partial charge in [-0.3, -0.25) is 0 Å². The number of aromatic nitrogens is 3. The maximum absolute atomic E-state index is 4.47. The van der Waals surface area contributed by atoms with E-state index in [1.54, 1.807) is 11.3 Å². The molecule has 0 aromatic carbocycles. The number of hydrogen-bond acceptors (Lipinski definition) is 5. The van der Waals surface area contributed by atoms with Crippen LogP contribution in [0.4, 0.5) is 5.82 Å². The molecule has 0 aliphatic rings. The Bertz CT molecular complexity index is 577. The lowest BCUT2D eigenvalue weighted by molar-refractivity contribution is 0.863. The van der Waals surface area contributed by atoms with Gasteiger partial charge in [-0.1, -0.05) is 6.92 Å². The van der Waals surface area contributed by atoms with E-state index >= 15 is 0 Å². The Labute approximate surface area is 118 Å². The molecule has 0 bridgehead atoms. The molecule has 0 radical (unpaired) electrons. The van der Waals surface area contributed by atoms with Gasteiger partial charge in [0.05, 0.1) is 16.7 Å². The van der Waals surface area contributed by atoms with Crippen LogP contribution in [0.1, 0.15) is 47.0 Å². The van der Waals surface area contributed by atoms with E-state index in [-0.39, 0.29) is 6.04 Å². The molecule has 0 amide bonds. The van der Waals surface area contributed by atoms with Crippen molar-refractivity contribution < 1.29 is 0 Å². The largest absolute Gasteiger partial charge is 0.363 e. The molecule has 0 aliphatic carbocycles. The molecule has 2 heterocycles. The Morgan fingerprint density at radius 2 is 1.95 bits per heavy atom. The minimum Gasteiger partial charge on any atom is -0.363 e. The van der Waals surface area contributed by atoms with Crippen molar-refractivity contribution in [3.05, 3.63) is 33.2 Å².